The van der Waals surface area contributed by atoms with Crippen molar-refractivity contribution >= 4 is 44.9 Å². The largest absolute Gasteiger partial charge is 0.310 e. The van der Waals surface area contributed by atoms with Crippen LogP contribution in [0.5, 0.6) is 0 Å². The van der Waals surface area contributed by atoms with Crippen molar-refractivity contribution in [2.45, 2.75) is 24.7 Å². The fourth-order valence-electron chi connectivity index (χ4n) is 15.1. The monoisotopic (exact) mass is 1090 g/mol. The number of aromatic nitrogens is 1. The molecule has 1 spiro atoms. The highest BCUT2D eigenvalue weighted by atomic mass is 15.1. The molecular weight excluding hydrogens is 1040 g/mol. The predicted molar refractivity (Wildman–Crippen MR) is 361 cm³/mol. The zero-order valence-corrected chi connectivity index (χ0v) is 48.0. The van der Waals surface area contributed by atoms with E-state index in [9.17, 15) is 0 Å². The van der Waals surface area contributed by atoms with E-state index in [-0.39, 0.29) is 5.41 Å². The van der Waals surface area contributed by atoms with Crippen molar-refractivity contribution in [3.05, 3.63) is 343 Å². The first-order valence-corrected chi connectivity index (χ1v) is 30.0. The van der Waals surface area contributed by atoms with Crippen molar-refractivity contribution in [2.24, 2.45) is 0 Å². The normalized spacial score (nSPS) is 14.6. The number of nitrogens with zero attached hydrogens (tertiary/aromatic N) is 2. The highest BCUT2D eigenvalue weighted by Gasteiger charge is 2.52. The Morgan fingerprint density at radius 2 is 0.709 bits per heavy atom. The van der Waals surface area contributed by atoms with Gasteiger partial charge in [0.15, 0.2) is 0 Å². The lowest BCUT2D eigenvalue weighted by Gasteiger charge is -2.31. The molecule has 13 aromatic carbocycles. The molecule has 3 aliphatic carbocycles. The molecule has 0 N–H and O–H groups in total. The Hall–Kier alpha value is -10.8. The van der Waals surface area contributed by atoms with Gasteiger partial charge >= 0.3 is 0 Å². The van der Waals surface area contributed by atoms with E-state index in [1.807, 2.05) is 6.08 Å². The van der Waals surface area contributed by atoms with Gasteiger partial charge in [-0.3, -0.25) is 0 Å². The highest BCUT2D eigenvalue weighted by molar-refractivity contribution is 6.10. The Balaban J connectivity index is 0.721. The Kier molecular flexibility index (Phi) is 11.1. The predicted octanol–water partition coefficient (Wildman–Crippen LogP) is 22.2. The van der Waals surface area contributed by atoms with Crippen LogP contribution in [0.25, 0.3) is 111 Å². The molecule has 0 saturated carbocycles. The Labute approximate surface area is 502 Å². The molecule has 0 aliphatic heterocycles. The van der Waals surface area contributed by atoms with Crippen LogP contribution < -0.4 is 4.90 Å². The zero-order chi connectivity index (χ0) is 57.3. The van der Waals surface area contributed by atoms with Crippen molar-refractivity contribution in [1.82, 2.24) is 4.57 Å². The molecular formula is C84H58N2. The van der Waals surface area contributed by atoms with Crippen LogP contribution in [0.2, 0.25) is 0 Å². The summed E-state index contributed by atoms with van der Waals surface area (Å²) in [5, 5.41) is 2.46. The molecule has 1 atom stereocenters. The van der Waals surface area contributed by atoms with E-state index in [2.05, 4.69) is 327 Å². The number of rotatable bonds is 9. The fourth-order valence-corrected chi connectivity index (χ4v) is 15.1. The van der Waals surface area contributed by atoms with Gasteiger partial charge in [-0.15, -0.1) is 0 Å². The maximum absolute atomic E-state index is 4.00. The summed E-state index contributed by atoms with van der Waals surface area (Å²) in [7, 11) is 0. The average Bonchev–Trinajstić information content (AvgIpc) is 1.54. The topological polar surface area (TPSA) is 8.17 Å². The quantitative estimate of drug-likeness (QED) is 0.140. The van der Waals surface area contributed by atoms with E-state index >= 15 is 0 Å². The van der Waals surface area contributed by atoms with Gasteiger partial charge < -0.3 is 9.47 Å². The molecule has 0 amide bonds. The average molecular weight is 1100 g/mol. The summed E-state index contributed by atoms with van der Waals surface area (Å²) in [4.78, 5) is 2.41. The Morgan fingerprint density at radius 3 is 1.31 bits per heavy atom. The van der Waals surface area contributed by atoms with E-state index in [1.165, 1.54) is 133 Å². The minimum atomic E-state index is -0.473. The SMILES string of the molecule is C=Cc1ccc(-c2ccc3c(c2)C2(c4ccccc4-3)c3ccccc3-c3ccc(-c4ccc(-n5c6ccccc6c6cc(-c7ccc(N(c8ccc(-c9ccccc9)cc8)c8ccc9c(c8)C(C)(C)c8ccccc8-9)cc7)ccc65)cc4)cc32)cc1. The van der Waals surface area contributed by atoms with Gasteiger partial charge in [0.25, 0.3) is 0 Å². The summed E-state index contributed by atoms with van der Waals surface area (Å²) < 4.78 is 2.43. The molecule has 2 heteroatoms. The van der Waals surface area contributed by atoms with Crippen LogP contribution in [0.4, 0.5) is 17.1 Å². The second kappa shape index (κ2) is 19.1. The molecule has 1 aromatic heterocycles. The minimum absolute atomic E-state index is 0.120. The van der Waals surface area contributed by atoms with E-state index in [0.29, 0.717) is 0 Å². The van der Waals surface area contributed by atoms with Gasteiger partial charge in [0.05, 0.1) is 16.4 Å². The summed E-state index contributed by atoms with van der Waals surface area (Å²) >= 11 is 0. The van der Waals surface area contributed by atoms with Crippen molar-refractivity contribution < 1.29 is 0 Å². The molecule has 0 fully saturated rings. The summed E-state index contributed by atoms with van der Waals surface area (Å²) in [6.07, 6.45) is 1.91. The molecule has 2 nitrogen and oxygen atoms in total. The third-order valence-corrected chi connectivity index (χ3v) is 19.2. The lowest BCUT2D eigenvalue weighted by molar-refractivity contribution is 0.660. The van der Waals surface area contributed by atoms with Gasteiger partial charge in [-0.05, 0) is 196 Å². The van der Waals surface area contributed by atoms with Crippen LogP contribution in [0, 0.1) is 0 Å². The number of fused-ring (bicyclic) bond motifs is 16. The first kappa shape index (κ1) is 49.8. The fraction of sp³-hybridized carbons (Fsp3) is 0.0476. The van der Waals surface area contributed by atoms with E-state index < -0.39 is 5.41 Å². The van der Waals surface area contributed by atoms with E-state index in [1.54, 1.807) is 0 Å². The van der Waals surface area contributed by atoms with Gasteiger partial charge in [-0.2, -0.15) is 0 Å². The Morgan fingerprint density at radius 1 is 0.302 bits per heavy atom. The second-order valence-electron chi connectivity index (χ2n) is 24.0. The molecule has 86 heavy (non-hydrogen) atoms. The standard InChI is InChI=1S/C84H58N2/c1-4-54-26-28-57(29-27-54)61-36-46-71-68-19-9-13-23-76(68)84(79(71)51-61)77-24-14-10-20-69(77)72-47-37-62(52-80(72)84)59-34-43-65(44-35-59)86-81-25-15-11-21-73(81)74-50-60(38-49-82(74)86)58-32-41-64(42-33-58)85(63-39-30-56(31-40-63)55-16-6-5-7-17-55)66-45-48-70-67-18-8-12-22-75(67)83(2,3)78(70)53-66/h4-53H,1H2,2-3H3. The molecule has 1 heterocycles. The van der Waals surface area contributed by atoms with Crippen LogP contribution in [-0.2, 0) is 10.8 Å². The Bertz CT molecular complexity index is 5050. The van der Waals surface area contributed by atoms with E-state index in [4.69, 9.17) is 0 Å². The lowest BCUT2D eigenvalue weighted by Crippen LogP contribution is -2.26. The molecule has 0 radical (unpaired) electrons. The van der Waals surface area contributed by atoms with Gasteiger partial charge in [-0.1, -0.05) is 245 Å². The van der Waals surface area contributed by atoms with Crippen molar-refractivity contribution in [1.29, 1.82) is 0 Å². The van der Waals surface area contributed by atoms with Crippen LogP contribution in [-0.4, -0.2) is 4.57 Å². The van der Waals surface area contributed by atoms with Crippen LogP contribution in [0.1, 0.15) is 52.8 Å². The highest BCUT2D eigenvalue weighted by Crippen LogP contribution is 2.63. The summed E-state index contributed by atoms with van der Waals surface area (Å²) in [6, 6.07) is 111. The number of anilines is 3. The van der Waals surface area contributed by atoms with Crippen molar-refractivity contribution in [2.75, 3.05) is 4.90 Å². The minimum Gasteiger partial charge on any atom is -0.310 e. The molecule has 1 unspecified atom stereocenters. The summed E-state index contributed by atoms with van der Waals surface area (Å²) in [6.45, 7) is 8.72. The first-order chi connectivity index (χ1) is 42.3. The zero-order valence-electron chi connectivity index (χ0n) is 48.0. The van der Waals surface area contributed by atoms with Crippen molar-refractivity contribution in [3.63, 3.8) is 0 Å². The second-order valence-corrected chi connectivity index (χ2v) is 24.0. The number of para-hydroxylation sites is 1. The summed E-state index contributed by atoms with van der Waals surface area (Å²) in [5.41, 5.74) is 32.9. The van der Waals surface area contributed by atoms with Gasteiger partial charge in [0.1, 0.15) is 0 Å². The van der Waals surface area contributed by atoms with Crippen molar-refractivity contribution in [3.8, 4) is 83.6 Å². The molecule has 14 aromatic rings. The van der Waals surface area contributed by atoms with E-state index in [0.717, 1.165) is 28.3 Å². The first-order valence-electron chi connectivity index (χ1n) is 30.0. The van der Waals surface area contributed by atoms with Crippen LogP contribution >= 0.6 is 0 Å². The van der Waals surface area contributed by atoms with Gasteiger partial charge in [-0.25, -0.2) is 0 Å². The molecule has 0 saturated heterocycles. The summed E-state index contributed by atoms with van der Waals surface area (Å²) in [5.74, 6) is 0. The lowest BCUT2D eigenvalue weighted by atomic mass is 9.70. The maximum Gasteiger partial charge on any atom is 0.0725 e. The molecule has 17 rings (SSSR count). The molecule has 3 aliphatic rings. The smallest absolute Gasteiger partial charge is 0.0725 e. The van der Waals surface area contributed by atoms with Gasteiger partial charge in [0, 0.05) is 38.9 Å². The van der Waals surface area contributed by atoms with Gasteiger partial charge in [0.2, 0.25) is 0 Å². The third-order valence-electron chi connectivity index (χ3n) is 19.2. The van der Waals surface area contributed by atoms with Crippen LogP contribution in [0.15, 0.2) is 304 Å². The number of hydrogen-bond donors (Lipinski definition) is 0. The molecule has 404 valence electrons. The number of benzene rings is 13. The third kappa shape index (κ3) is 7.39. The number of hydrogen-bond acceptors (Lipinski definition) is 1. The maximum atomic E-state index is 4.00. The molecule has 0 bridgehead atoms. The van der Waals surface area contributed by atoms with Crippen LogP contribution in [0.3, 0.4) is 0 Å².